The Kier molecular flexibility index (Phi) is 1.82. The molecular formula is C9H14N2O. The first kappa shape index (κ1) is 8.03. The Morgan fingerprint density at radius 2 is 2.33 bits per heavy atom. The lowest BCUT2D eigenvalue weighted by Gasteiger charge is -2.36. The van der Waals surface area contributed by atoms with Gasteiger partial charge in [-0.2, -0.15) is 5.26 Å². The average Bonchev–Trinajstić information content (AvgIpc) is 2.52. The number of ether oxygens (including phenoxy) is 1. The third-order valence-corrected chi connectivity index (χ3v) is 3.16. The Hall–Kier alpha value is -0.590. The Bertz CT molecular complexity index is 223. The summed E-state index contributed by atoms with van der Waals surface area (Å²) in [6.45, 7) is 0. The predicted octanol–water partition coefficient (Wildman–Crippen LogP) is 0.810. The first-order chi connectivity index (χ1) is 5.80. The van der Waals surface area contributed by atoms with Gasteiger partial charge in [-0.3, -0.25) is 0 Å². The number of hydrogen-bond acceptors (Lipinski definition) is 3. The molecule has 2 aliphatic rings. The van der Waals surface area contributed by atoms with E-state index in [0.717, 1.165) is 25.7 Å². The number of hydrogen-bond donors (Lipinski definition) is 1. The zero-order valence-corrected chi connectivity index (χ0v) is 7.34. The van der Waals surface area contributed by atoms with Gasteiger partial charge in [0.1, 0.15) is 5.54 Å². The highest BCUT2D eigenvalue weighted by Gasteiger charge is 2.47. The molecule has 3 atom stereocenters. The van der Waals surface area contributed by atoms with Crippen molar-refractivity contribution >= 4 is 0 Å². The molecule has 2 aliphatic heterocycles. The summed E-state index contributed by atoms with van der Waals surface area (Å²) < 4.78 is 5.71. The second-order valence-corrected chi connectivity index (χ2v) is 3.70. The monoisotopic (exact) mass is 166 g/mol. The molecule has 2 rings (SSSR count). The van der Waals surface area contributed by atoms with Crippen molar-refractivity contribution in [1.29, 1.82) is 5.26 Å². The Labute approximate surface area is 72.7 Å². The topological polar surface area (TPSA) is 45.0 Å². The standard InChI is InChI=1S/C9H14N2O/c1-11-9(6-10)5-4-7-2-3-8(9)12-7/h7-8,11H,2-5H2,1H3. The SMILES string of the molecule is CNC1(C#N)CCC2CCC1O2. The fraction of sp³-hybridized carbons (Fsp3) is 0.889. The van der Waals surface area contributed by atoms with Gasteiger partial charge in [0.2, 0.25) is 0 Å². The van der Waals surface area contributed by atoms with Crippen LogP contribution in [0.2, 0.25) is 0 Å². The van der Waals surface area contributed by atoms with Crippen LogP contribution in [0.5, 0.6) is 0 Å². The molecule has 0 aromatic rings. The first-order valence-corrected chi connectivity index (χ1v) is 4.56. The number of fused-ring (bicyclic) bond motifs is 2. The van der Waals surface area contributed by atoms with Crippen molar-refractivity contribution in [3.63, 3.8) is 0 Å². The second kappa shape index (κ2) is 2.72. The van der Waals surface area contributed by atoms with Gasteiger partial charge < -0.3 is 10.1 Å². The fourth-order valence-corrected chi connectivity index (χ4v) is 2.30. The van der Waals surface area contributed by atoms with Crippen molar-refractivity contribution in [3.05, 3.63) is 0 Å². The summed E-state index contributed by atoms with van der Waals surface area (Å²) >= 11 is 0. The van der Waals surface area contributed by atoms with Crippen LogP contribution in [0, 0.1) is 11.3 Å². The molecule has 0 aromatic carbocycles. The van der Waals surface area contributed by atoms with Crippen LogP contribution < -0.4 is 5.32 Å². The van der Waals surface area contributed by atoms with E-state index in [0.29, 0.717) is 6.10 Å². The van der Waals surface area contributed by atoms with Crippen LogP contribution in [-0.4, -0.2) is 24.8 Å². The maximum atomic E-state index is 9.07. The van der Waals surface area contributed by atoms with Crippen molar-refractivity contribution in [2.75, 3.05) is 7.05 Å². The number of rotatable bonds is 1. The molecular weight excluding hydrogens is 152 g/mol. The lowest BCUT2D eigenvalue weighted by Crippen LogP contribution is -2.54. The average molecular weight is 166 g/mol. The van der Waals surface area contributed by atoms with Gasteiger partial charge in [-0.1, -0.05) is 0 Å². The molecule has 0 radical (unpaired) electrons. The van der Waals surface area contributed by atoms with Gasteiger partial charge in [0.05, 0.1) is 18.3 Å². The molecule has 66 valence electrons. The number of nitrogens with zero attached hydrogens (tertiary/aromatic N) is 1. The van der Waals surface area contributed by atoms with Crippen molar-refractivity contribution < 1.29 is 4.74 Å². The fourth-order valence-electron chi connectivity index (χ4n) is 2.30. The normalized spacial score (nSPS) is 45.7. The molecule has 0 aliphatic carbocycles. The zero-order valence-electron chi connectivity index (χ0n) is 7.34. The van der Waals surface area contributed by atoms with Gasteiger partial charge in [0, 0.05) is 0 Å². The Balaban J connectivity index is 2.21. The molecule has 12 heavy (non-hydrogen) atoms. The van der Waals surface area contributed by atoms with Crippen molar-refractivity contribution in [2.45, 2.75) is 43.4 Å². The summed E-state index contributed by atoms with van der Waals surface area (Å²) in [5.74, 6) is 0. The number of nitrogens with one attached hydrogen (secondary N) is 1. The van der Waals surface area contributed by atoms with Gasteiger partial charge in [0.25, 0.3) is 0 Å². The molecule has 0 aromatic heterocycles. The minimum absolute atomic E-state index is 0.131. The van der Waals surface area contributed by atoms with E-state index >= 15 is 0 Å². The Morgan fingerprint density at radius 1 is 1.50 bits per heavy atom. The Morgan fingerprint density at radius 3 is 3.00 bits per heavy atom. The summed E-state index contributed by atoms with van der Waals surface area (Å²) in [6, 6.07) is 2.36. The third-order valence-electron chi connectivity index (χ3n) is 3.16. The van der Waals surface area contributed by atoms with E-state index < -0.39 is 5.54 Å². The summed E-state index contributed by atoms with van der Waals surface area (Å²) in [7, 11) is 1.85. The molecule has 1 N–H and O–H groups in total. The summed E-state index contributed by atoms with van der Waals surface area (Å²) in [6.07, 6.45) is 4.71. The largest absolute Gasteiger partial charge is 0.372 e. The molecule has 3 heteroatoms. The number of nitriles is 1. The van der Waals surface area contributed by atoms with Crippen molar-refractivity contribution in [1.82, 2.24) is 5.32 Å². The van der Waals surface area contributed by atoms with Crippen LogP contribution in [0.25, 0.3) is 0 Å². The van der Waals surface area contributed by atoms with Crippen molar-refractivity contribution in [2.24, 2.45) is 0 Å². The molecule has 0 amide bonds. The maximum absolute atomic E-state index is 9.07. The molecule has 3 unspecified atom stereocenters. The highest BCUT2D eigenvalue weighted by molar-refractivity contribution is 5.15. The minimum atomic E-state index is -0.396. The summed E-state index contributed by atoms with van der Waals surface area (Å²) in [5.41, 5.74) is -0.396. The third kappa shape index (κ3) is 0.954. The van der Waals surface area contributed by atoms with Crippen LogP contribution in [0.4, 0.5) is 0 Å². The van der Waals surface area contributed by atoms with E-state index in [1.807, 2.05) is 7.05 Å². The van der Waals surface area contributed by atoms with Gasteiger partial charge in [-0.05, 0) is 32.7 Å². The molecule has 0 spiro atoms. The van der Waals surface area contributed by atoms with E-state index in [2.05, 4.69) is 11.4 Å². The van der Waals surface area contributed by atoms with Gasteiger partial charge in [-0.15, -0.1) is 0 Å². The van der Waals surface area contributed by atoms with E-state index in [4.69, 9.17) is 10.00 Å². The molecule has 2 saturated heterocycles. The first-order valence-electron chi connectivity index (χ1n) is 4.56. The highest BCUT2D eigenvalue weighted by atomic mass is 16.5. The maximum Gasteiger partial charge on any atom is 0.133 e. The lowest BCUT2D eigenvalue weighted by atomic mass is 9.88. The predicted molar refractivity (Wildman–Crippen MR) is 44.5 cm³/mol. The second-order valence-electron chi connectivity index (χ2n) is 3.70. The molecule has 3 nitrogen and oxygen atoms in total. The molecule has 2 fully saturated rings. The van der Waals surface area contributed by atoms with Gasteiger partial charge in [0.15, 0.2) is 0 Å². The van der Waals surface area contributed by atoms with E-state index in [-0.39, 0.29) is 6.10 Å². The van der Waals surface area contributed by atoms with E-state index in [9.17, 15) is 0 Å². The van der Waals surface area contributed by atoms with Crippen LogP contribution in [0.15, 0.2) is 0 Å². The molecule has 2 bridgehead atoms. The number of likely N-dealkylation sites (N-methyl/N-ethyl adjacent to an activating group) is 1. The molecule has 0 saturated carbocycles. The summed E-state index contributed by atoms with van der Waals surface area (Å²) in [5, 5.41) is 12.2. The van der Waals surface area contributed by atoms with Crippen LogP contribution in [0.1, 0.15) is 25.7 Å². The molecule has 2 heterocycles. The van der Waals surface area contributed by atoms with Crippen molar-refractivity contribution in [3.8, 4) is 6.07 Å². The highest BCUT2D eigenvalue weighted by Crippen LogP contribution is 2.38. The van der Waals surface area contributed by atoms with Gasteiger partial charge >= 0.3 is 0 Å². The van der Waals surface area contributed by atoms with Crippen LogP contribution in [-0.2, 0) is 4.74 Å². The van der Waals surface area contributed by atoms with E-state index in [1.54, 1.807) is 0 Å². The van der Waals surface area contributed by atoms with Gasteiger partial charge in [-0.25, -0.2) is 0 Å². The minimum Gasteiger partial charge on any atom is -0.372 e. The zero-order chi connectivity index (χ0) is 8.60. The summed E-state index contributed by atoms with van der Waals surface area (Å²) in [4.78, 5) is 0. The van der Waals surface area contributed by atoms with Crippen LogP contribution in [0.3, 0.4) is 0 Å². The quantitative estimate of drug-likeness (QED) is 0.627. The lowest BCUT2D eigenvalue weighted by molar-refractivity contribution is -0.0369. The smallest absolute Gasteiger partial charge is 0.133 e. The van der Waals surface area contributed by atoms with Crippen LogP contribution >= 0.6 is 0 Å². The van der Waals surface area contributed by atoms with E-state index in [1.165, 1.54) is 0 Å².